The molecule has 0 bridgehead atoms. The van der Waals surface area contributed by atoms with Crippen LogP contribution in [-0.4, -0.2) is 83.9 Å². The number of aromatic nitrogens is 2. The van der Waals surface area contributed by atoms with Crippen LogP contribution in [0.2, 0.25) is 5.02 Å². The average Bonchev–Trinajstić information content (AvgIpc) is 3.19. The predicted molar refractivity (Wildman–Crippen MR) is 129 cm³/mol. The Balaban J connectivity index is 1.21. The second kappa shape index (κ2) is 10.5. The van der Waals surface area contributed by atoms with E-state index in [1.54, 1.807) is 11.0 Å². The van der Waals surface area contributed by atoms with Crippen LogP contribution >= 0.6 is 11.6 Å². The number of likely N-dealkylation sites (tertiary alicyclic amines) is 1. The number of carbonyl (C=O) groups excluding carboxylic acids is 1. The maximum atomic E-state index is 13.5. The van der Waals surface area contributed by atoms with Crippen molar-refractivity contribution in [1.82, 2.24) is 25.1 Å². The van der Waals surface area contributed by atoms with E-state index >= 15 is 0 Å². The summed E-state index contributed by atoms with van der Waals surface area (Å²) >= 11 is 5.89. The lowest BCUT2D eigenvalue weighted by atomic mass is 10.1. The molecule has 0 saturated carbocycles. The number of carbonyl (C=O) groups is 1. The number of hydrogen-bond acceptors (Lipinski definition) is 7. The van der Waals surface area contributed by atoms with Crippen LogP contribution in [0.5, 0.6) is 5.75 Å². The molecule has 3 aliphatic rings. The third-order valence-corrected chi connectivity index (χ3v) is 7.01. The molecule has 0 spiro atoms. The van der Waals surface area contributed by atoms with Crippen molar-refractivity contribution in [2.75, 3.05) is 45.2 Å². The number of benzene rings is 1. The van der Waals surface area contributed by atoms with Crippen molar-refractivity contribution in [3.8, 4) is 5.75 Å². The molecule has 0 radical (unpaired) electrons. The van der Waals surface area contributed by atoms with Gasteiger partial charge in [-0.15, -0.1) is 0 Å². The number of halogens is 2. The molecule has 2 atom stereocenters. The minimum absolute atomic E-state index is 0.00841. The molecule has 1 aromatic heterocycles. The molecule has 2 unspecified atom stereocenters. The summed E-state index contributed by atoms with van der Waals surface area (Å²) in [6, 6.07) is 4.22. The first kappa shape index (κ1) is 24.0. The zero-order valence-corrected chi connectivity index (χ0v) is 20.4. The SMILES string of the molecule is CN1CC(NC(=O)N2CCc3cnc(NC4CCOCC4)nc3C2)C(Oc2ccc(F)c(Cl)c2)C1. The van der Waals surface area contributed by atoms with Crippen molar-refractivity contribution < 1.29 is 18.7 Å². The zero-order valence-electron chi connectivity index (χ0n) is 19.7. The highest BCUT2D eigenvalue weighted by atomic mass is 35.5. The Morgan fingerprint density at radius 2 is 2.11 bits per heavy atom. The van der Waals surface area contributed by atoms with Crippen molar-refractivity contribution in [3.05, 3.63) is 46.5 Å². The predicted octanol–water partition coefficient (Wildman–Crippen LogP) is 2.69. The topological polar surface area (TPSA) is 91.9 Å². The highest BCUT2D eigenvalue weighted by molar-refractivity contribution is 6.30. The molecule has 2 fully saturated rings. The number of fused-ring (bicyclic) bond motifs is 1. The van der Waals surface area contributed by atoms with Crippen LogP contribution in [0.3, 0.4) is 0 Å². The van der Waals surface area contributed by atoms with Gasteiger partial charge in [0.15, 0.2) is 0 Å². The molecule has 0 aliphatic carbocycles. The summed E-state index contributed by atoms with van der Waals surface area (Å²) in [4.78, 5) is 26.2. The lowest BCUT2D eigenvalue weighted by Crippen LogP contribution is -2.51. The summed E-state index contributed by atoms with van der Waals surface area (Å²) in [5.41, 5.74) is 1.94. The van der Waals surface area contributed by atoms with E-state index in [2.05, 4.69) is 20.5 Å². The number of ether oxygens (including phenoxy) is 2. The molecule has 188 valence electrons. The van der Waals surface area contributed by atoms with Gasteiger partial charge < -0.3 is 29.9 Å². The minimum atomic E-state index is -0.493. The molecule has 3 aliphatic heterocycles. The van der Waals surface area contributed by atoms with Crippen LogP contribution in [0.4, 0.5) is 15.1 Å². The van der Waals surface area contributed by atoms with Crippen molar-refractivity contribution >= 4 is 23.6 Å². The van der Waals surface area contributed by atoms with Gasteiger partial charge in [0, 0.05) is 51.2 Å². The molecule has 2 saturated heterocycles. The third kappa shape index (κ3) is 5.76. The Morgan fingerprint density at radius 3 is 2.91 bits per heavy atom. The number of anilines is 1. The van der Waals surface area contributed by atoms with Gasteiger partial charge in [0.1, 0.15) is 17.7 Å². The quantitative estimate of drug-likeness (QED) is 0.647. The highest BCUT2D eigenvalue weighted by Crippen LogP contribution is 2.25. The molecular formula is C24H30ClFN6O3. The number of amides is 2. The van der Waals surface area contributed by atoms with Gasteiger partial charge in [-0.05, 0) is 44.0 Å². The van der Waals surface area contributed by atoms with E-state index in [1.807, 2.05) is 13.2 Å². The standard InChI is InChI=1S/C24H30ClFN6O3/c1-31-12-21(22(14-31)35-17-2-3-19(26)18(25)10-17)30-24(33)32-7-4-15-11-27-23(29-20(15)13-32)28-16-5-8-34-9-6-16/h2-3,10-11,16,21-22H,4-9,12-14H2,1H3,(H,30,33)(H,27,28,29). The summed E-state index contributed by atoms with van der Waals surface area (Å²) in [5.74, 6) is 0.582. The second-order valence-electron chi connectivity index (χ2n) is 9.38. The van der Waals surface area contributed by atoms with E-state index in [9.17, 15) is 9.18 Å². The van der Waals surface area contributed by atoms with Crippen LogP contribution in [-0.2, 0) is 17.7 Å². The molecule has 11 heteroatoms. The van der Waals surface area contributed by atoms with Gasteiger partial charge in [0.05, 0.1) is 23.3 Å². The Bertz CT molecular complexity index is 1070. The smallest absolute Gasteiger partial charge is 0.318 e. The Kier molecular flexibility index (Phi) is 7.22. The fourth-order valence-corrected chi connectivity index (χ4v) is 4.94. The van der Waals surface area contributed by atoms with Crippen LogP contribution in [0.15, 0.2) is 24.4 Å². The van der Waals surface area contributed by atoms with Gasteiger partial charge in [-0.3, -0.25) is 0 Å². The van der Waals surface area contributed by atoms with Gasteiger partial charge in [-0.25, -0.2) is 19.2 Å². The first-order valence-electron chi connectivity index (χ1n) is 12.0. The maximum Gasteiger partial charge on any atom is 0.318 e. The molecule has 9 nitrogen and oxygen atoms in total. The van der Waals surface area contributed by atoms with E-state index in [1.165, 1.54) is 12.1 Å². The Labute approximate surface area is 208 Å². The number of nitrogens with zero attached hydrogens (tertiary/aromatic N) is 4. The minimum Gasteiger partial charge on any atom is -0.487 e. The molecule has 1 aromatic carbocycles. The molecule has 5 rings (SSSR count). The van der Waals surface area contributed by atoms with Crippen molar-refractivity contribution in [2.24, 2.45) is 0 Å². The zero-order chi connectivity index (χ0) is 24.4. The van der Waals surface area contributed by atoms with Crippen LogP contribution < -0.4 is 15.4 Å². The van der Waals surface area contributed by atoms with E-state index in [0.29, 0.717) is 50.3 Å². The summed E-state index contributed by atoms with van der Waals surface area (Å²) < 4.78 is 25.0. The summed E-state index contributed by atoms with van der Waals surface area (Å²) in [6.07, 6.45) is 4.15. The summed E-state index contributed by atoms with van der Waals surface area (Å²) in [6.45, 7) is 3.79. The number of likely N-dealkylation sites (N-methyl/N-ethyl adjacent to an activating group) is 1. The van der Waals surface area contributed by atoms with Crippen LogP contribution in [0.1, 0.15) is 24.1 Å². The normalized spacial score (nSPS) is 23.1. The second-order valence-corrected chi connectivity index (χ2v) is 9.78. The van der Waals surface area contributed by atoms with E-state index in [4.69, 9.17) is 26.1 Å². The third-order valence-electron chi connectivity index (χ3n) is 6.72. The Hall–Kier alpha value is -2.69. The molecule has 4 heterocycles. The number of nitrogens with one attached hydrogen (secondary N) is 2. The number of rotatable bonds is 5. The average molecular weight is 505 g/mol. The van der Waals surface area contributed by atoms with E-state index in [0.717, 1.165) is 37.3 Å². The van der Waals surface area contributed by atoms with Crippen molar-refractivity contribution in [2.45, 2.75) is 44.0 Å². The molecule has 2 amide bonds. The molecule has 2 N–H and O–H groups in total. The van der Waals surface area contributed by atoms with Gasteiger partial charge in [0.25, 0.3) is 0 Å². The van der Waals surface area contributed by atoms with Gasteiger partial charge >= 0.3 is 6.03 Å². The van der Waals surface area contributed by atoms with Gasteiger partial charge in [0.2, 0.25) is 5.95 Å². The van der Waals surface area contributed by atoms with Crippen molar-refractivity contribution in [1.29, 1.82) is 0 Å². The fourth-order valence-electron chi connectivity index (χ4n) is 4.77. The first-order chi connectivity index (χ1) is 16.9. The number of hydrogen-bond donors (Lipinski definition) is 2. The summed E-state index contributed by atoms with van der Waals surface area (Å²) in [5, 5.41) is 6.53. The first-order valence-corrected chi connectivity index (χ1v) is 12.4. The largest absolute Gasteiger partial charge is 0.487 e. The van der Waals surface area contributed by atoms with Crippen LogP contribution in [0, 0.1) is 5.82 Å². The highest BCUT2D eigenvalue weighted by Gasteiger charge is 2.35. The van der Waals surface area contributed by atoms with Crippen LogP contribution in [0.25, 0.3) is 0 Å². The fraction of sp³-hybridized carbons (Fsp3) is 0.542. The summed E-state index contributed by atoms with van der Waals surface area (Å²) in [7, 11) is 1.97. The lowest BCUT2D eigenvalue weighted by Gasteiger charge is -2.31. The van der Waals surface area contributed by atoms with E-state index in [-0.39, 0.29) is 23.2 Å². The molecule has 35 heavy (non-hydrogen) atoms. The molecule has 2 aromatic rings. The van der Waals surface area contributed by atoms with E-state index < -0.39 is 5.82 Å². The number of urea groups is 1. The lowest BCUT2D eigenvalue weighted by molar-refractivity contribution is 0.0903. The maximum absolute atomic E-state index is 13.5. The van der Waals surface area contributed by atoms with Crippen molar-refractivity contribution in [3.63, 3.8) is 0 Å². The monoisotopic (exact) mass is 504 g/mol. The van der Waals surface area contributed by atoms with Gasteiger partial charge in [-0.1, -0.05) is 11.6 Å². The van der Waals surface area contributed by atoms with Gasteiger partial charge in [-0.2, -0.15) is 0 Å². The molecular weight excluding hydrogens is 475 g/mol. The Morgan fingerprint density at radius 1 is 1.29 bits per heavy atom.